The van der Waals surface area contributed by atoms with Crippen molar-refractivity contribution in [3.8, 4) is 22.3 Å². The molecule has 4 aromatic carbocycles. The van der Waals surface area contributed by atoms with Gasteiger partial charge in [0.1, 0.15) is 0 Å². The standard InChI is InChI=1S/C46H57.Zr/c1-27-21-39(45(9,10)11)35(37-25-29-23-31(43(3,4)5)15-17-33(29)41(27)37)19-20-36-38-26-30-24-32(44(6,7)8)16-18-34(30)42(38)28(2)22-40(36)46(12,13)14;/h15-19,21-24H,20,25-26H2,1-14H3;. The first kappa shape index (κ1) is 34.6. The topological polar surface area (TPSA) is 0 Å². The molecule has 0 bridgehead atoms. The van der Waals surface area contributed by atoms with Crippen LogP contribution in [-0.2, 0) is 65.6 Å². The summed E-state index contributed by atoms with van der Waals surface area (Å²) in [7, 11) is 0. The Bertz CT molecular complexity index is 1900. The molecule has 245 valence electrons. The van der Waals surface area contributed by atoms with Crippen LogP contribution >= 0.6 is 0 Å². The molecule has 0 saturated carbocycles. The van der Waals surface area contributed by atoms with Crippen molar-refractivity contribution in [2.24, 2.45) is 0 Å². The average molecular weight is 701 g/mol. The van der Waals surface area contributed by atoms with Crippen molar-refractivity contribution in [1.29, 1.82) is 0 Å². The fourth-order valence-electron chi connectivity index (χ4n) is 8.47. The fourth-order valence-corrected chi connectivity index (χ4v) is 9.78. The van der Waals surface area contributed by atoms with Gasteiger partial charge in [-0.2, -0.15) is 0 Å². The van der Waals surface area contributed by atoms with E-state index in [9.17, 15) is 0 Å². The van der Waals surface area contributed by atoms with Gasteiger partial charge in [0.15, 0.2) is 0 Å². The van der Waals surface area contributed by atoms with Gasteiger partial charge in [-0.1, -0.05) is 0 Å². The van der Waals surface area contributed by atoms with E-state index in [1.807, 2.05) is 0 Å². The number of fused-ring (bicyclic) bond motifs is 6. The normalized spacial score (nSPS) is 14.9. The Morgan fingerprint density at radius 1 is 0.553 bits per heavy atom. The van der Waals surface area contributed by atoms with Crippen molar-refractivity contribution in [2.45, 2.75) is 141 Å². The second kappa shape index (κ2) is 11.4. The summed E-state index contributed by atoms with van der Waals surface area (Å²) in [6.07, 6.45) is 3.21. The van der Waals surface area contributed by atoms with Crippen LogP contribution in [0, 0.1) is 13.8 Å². The van der Waals surface area contributed by atoms with Gasteiger partial charge in [-0.05, 0) is 0 Å². The Hall–Kier alpha value is -2.24. The van der Waals surface area contributed by atoms with Crippen molar-refractivity contribution >= 4 is 0 Å². The van der Waals surface area contributed by atoms with E-state index in [-0.39, 0.29) is 21.7 Å². The molecule has 1 unspecified atom stereocenters. The number of benzene rings is 4. The van der Waals surface area contributed by atoms with Gasteiger partial charge in [0, 0.05) is 0 Å². The third kappa shape index (κ3) is 6.11. The molecule has 0 fully saturated rings. The van der Waals surface area contributed by atoms with Gasteiger partial charge in [0.05, 0.1) is 0 Å². The Morgan fingerprint density at radius 2 is 0.979 bits per heavy atom. The zero-order valence-electron chi connectivity index (χ0n) is 31.8. The molecule has 2 aliphatic carbocycles. The minimum atomic E-state index is 0.0803. The van der Waals surface area contributed by atoms with Gasteiger partial charge in [-0.25, -0.2) is 0 Å². The van der Waals surface area contributed by atoms with Crippen LogP contribution in [0.15, 0.2) is 48.5 Å². The molecule has 0 nitrogen and oxygen atoms in total. The van der Waals surface area contributed by atoms with Crippen LogP contribution in [0.3, 0.4) is 0 Å². The van der Waals surface area contributed by atoms with Gasteiger partial charge in [0.2, 0.25) is 0 Å². The summed E-state index contributed by atoms with van der Waals surface area (Å²) in [6, 6.07) is 19.8. The molecule has 6 rings (SSSR count). The third-order valence-corrected chi connectivity index (χ3v) is 12.2. The monoisotopic (exact) mass is 699 g/mol. The second-order valence-corrected chi connectivity index (χ2v) is 20.6. The fraction of sp³-hybridized carbons (Fsp3) is 0.478. The van der Waals surface area contributed by atoms with E-state index in [4.69, 9.17) is 0 Å². The summed E-state index contributed by atoms with van der Waals surface area (Å²) in [5.74, 6) is 0. The summed E-state index contributed by atoms with van der Waals surface area (Å²) in [5.41, 5.74) is 24.8. The second-order valence-electron chi connectivity index (χ2n) is 18.9. The maximum absolute atomic E-state index is 2.56. The first-order valence-corrected chi connectivity index (χ1v) is 19.3. The van der Waals surface area contributed by atoms with Gasteiger partial charge in [-0.3, -0.25) is 0 Å². The number of hydrogen-bond donors (Lipinski definition) is 0. The number of hydrogen-bond acceptors (Lipinski definition) is 0. The van der Waals surface area contributed by atoms with Crippen molar-refractivity contribution in [3.05, 3.63) is 115 Å². The molecule has 1 atom stereocenters. The maximum atomic E-state index is 2.56. The number of rotatable bonds is 3. The molecular formula is C46H57Zr. The molecule has 0 heterocycles. The Labute approximate surface area is 302 Å². The van der Waals surface area contributed by atoms with Crippen LogP contribution in [0.2, 0.25) is 0 Å². The molecule has 1 heteroatoms. The quantitative estimate of drug-likeness (QED) is 0.172. The molecule has 0 radical (unpaired) electrons. The summed E-state index contributed by atoms with van der Waals surface area (Å²) < 4.78 is 0.490. The first-order chi connectivity index (χ1) is 21.6. The van der Waals surface area contributed by atoms with E-state index in [0.29, 0.717) is 3.63 Å². The van der Waals surface area contributed by atoms with Crippen molar-refractivity contribution in [2.75, 3.05) is 0 Å². The molecule has 0 N–H and O–H groups in total. The molecule has 0 aliphatic heterocycles. The van der Waals surface area contributed by atoms with Crippen LogP contribution in [0.5, 0.6) is 0 Å². The Morgan fingerprint density at radius 3 is 1.43 bits per heavy atom. The van der Waals surface area contributed by atoms with Gasteiger partial charge in [0.25, 0.3) is 0 Å². The minimum absolute atomic E-state index is 0.0803. The van der Waals surface area contributed by atoms with Gasteiger partial charge in [-0.15, -0.1) is 0 Å². The third-order valence-electron chi connectivity index (χ3n) is 11.0. The zero-order valence-corrected chi connectivity index (χ0v) is 34.3. The SMILES string of the molecule is Cc1cc(C(C)(C)C)c(C[CH]([Zr])c2c(C(C)(C)C)cc(C)c3c2Cc2cc(C(C)(C)C)ccc2-3)c2c1-c1ccc(C(C)(C)C)cc1C2. The molecular weight excluding hydrogens is 644 g/mol. The average Bonchev–Trinajstić information content (AvgIpc) is 3.51. The summed E-state index contributed by atoms with van der Waals surface area (Å²) in [5, 5.41) is 0. The first-order valence-electron chi connectivity index (χ1n) is 17.9. The van der Waals surface area contributed by atoms with E-state index < -0.39 is 0 Å². The summed E-state index contributed by atoms with van der Waals surface area (Å²) in [4.78, 5) is 0. The van der Waals surface area contributed by atoms with E-state index in [2.05, 4.69) is 145 Å². The molecule has 0 amide bonds. The van der Waals surface area contributed by atoms with Crippen LogP contribution in [0.25, 0.3) is 22.3 Å². The predicted octanol–water partition coefficient (Wildman–Crippen LogP) is 12.5. The van der Waals surface area contributed by atoms with Crippen LogP contribution in [0.4, 0.5) is 0 Å². The van der Waals surface area contributed by atoms with E-state index in [1.165, 1.54) is 55.6 Å². The van der Waals surface area contributed by atoms with Crippen LogP contribution in [-0.4, -0.2) is 0 Å². The van der Waals surface area contributed by atoms with Crippen LogP contribution in [0.1, 0.15) is 153 Å². The molecule has 2 aliphatic rings. The molecule has 0 saturated heterocycles. The van der Waals surface area contributed by atoms with E-state index >= 15 is 0 Å². The van der Waals surface area contributed by atoms with Crippen molar-refractivity contribution in [3.63, 3.8) is 0 Å². The zero-order chi connectivity index (χ0) is 34.6. The van der Waals surface area contributed by atoms with Gasteiger partial charge < -0.3 is 0 Å². The van der Waals surface area contributed by atoms with E-state index in [1.54, 1.807) is 58.1 Å². The van der Waals surface area contributed by atoms with Crippen molar-refractivity contribution in [1.82, 2.24) is 0 Å². The summed E-state index contributed by atoms with van der Waals surface area (Å²) >= 11 is 1.62. The molecule has 0 spiro atoms. The number of aryl methyl sites for hydroxylation is 2. The molecule has 47 heavy (non-hydrogen) atoms. The molecule has 0 aromatic heterocycles. The van der Waals surface area contributed by atoms with E-state index in [0.717, 1.165) is 19.3 Å². The van der Waals surface area contributed by atoms with Gasteiger partial charge >= 0.3 is 304 Å². The summed E-state index contributed by atoms with van der Waals surface area (Å²) in [6.45, 7) is 33.3. The Balaban J connectivity index is 1.52. The Kier molecular flexibility index (Phi) is 8.40. The molecule has 4 aromatic rings. The van der Waals surface area contributed by atoms with Crippen molar-refractivity contribution < 1.29 is 24.7 Å². The predicted molar refractivity (Wildman–Crippen MR) is 200 cm³/mol. The van der Waals surface area contributed by atoms with Crippen LogP contribution < -0.4 is 0 Å².